The summed E-state index contributed by atoms with van der Waals surface area (Å²) in [5, 5.41) is 4.58. The van der Waals surface area contributed by atoms with Gasteiger partial charge < -0.3 is 10.1 Å². The van der Waals surface area contributed by atoms with Crippen molar-refractivity contribution in [3.63, 3.8) is 0 Å². The van der Waals surface area contributed by atoms with Gasteiger partial charge in [-0.2, -0.15) is 0 Å². The minimum atomic E-state index is -3.61. The van der Waals surface area contributed by atoms with Crippen molar-refractivity contribution in [3.05, 3.63) is 77.2 Å². The van der Waals surface area contributed by atoms with E-state index in [4.69, 9.17) is 4.74 Å². The van der Waals surface area contributed by atoms with Crippen molar-refractivity contribution in [2.24, 2.45) is 0 Å². The average Bonchev–Trinajstić information content (AvgIpc) is 3.23. The van der Waals surface area contributed by atoms with Crippen molar-refractivity contribution in [2.75, 3.05) is 11.3 Å². The maximum atomic E-state index is 12.4. The Morgan fingerprint density at radius 2 is 1.79 bits per heavy atom. The quantitative estimate of drug-likeness (QED) is 0.565. The van der Waals surface area contributed by atoms with Crippen LogP contribution in [0.25, 0.3) is 0 Å². The van der Waals surface area contributed by atoms with Gasteiger partial charge in [0.15, 0.2) is 0 Å². The van der Waals surface area contributed by atoms with Crippen LogP contribution in [0.5, 0.6) is 5.75 Å². The Kier molecular flexibility index (Phi) is 6.56. The van der Waals surface area contributed by atoms with Gasteiger partial charge in [-0.1, -0.05) is 24.3 Å². The standard InChI is InChI=1S/C21H22N2O4S2/c1-15-6-3-4-7-19(15)27-14-16(2)22-21(24)17-9-11-18(12-10-17)23-29(25,26)20-8-5-13-28-20/h3-13,16,23H,14H2,1-2H3,(H,22,24)/t16-/m1/s1. The first-order chi connectivity index (χ1) is 13.8. The lowest BCUT2D eigenvalue weighted by Gasteiger charge is -2.16. The van der Waals surface area contributed by atoms with E-state index >= 15 is 0 Å². The number of ether oxygens (including phenoxy) is 1. The molecule has 3 rings (SSSR count). The molecule has 1 heterocycles. The highest BCUT2D eigenvalue weighted by molar-refractivity contribution is 7.94. The van der Waals surface area contributed by atoms with E-state index in [9.17, 15) is 13.2 Å². The normalized spacial score (nSPS) is 12.2. The maximum Gasteiger partial charge on any atom is 0.271 e. The average molecular weight is 431 g/mol. The summed E-state index contributed by atoms with van der Waals surface area (Å²) in [6.45, 7) is 4.17. The Labute approximate surface area is 174 Å². The summed E-state index contributed by atoms with van der Waals surface area (Å²) in [5.74, 6) is 0.537. The summed E-state index contributed by atoms with van der Waals surface area (Å²) >= 11 is 1.14. The molecular weight excluding hydrogens is 408 g/mol. The molecule has 0 bridgehead atoms. The number of hydrogen-bond acceptors (Lipinski definition) is 5. The number of amides is 1. The minimum absolute atomic E-state index is 0.195. The Morgan fingerprint density at radius 3 is 2.45 bits per heavy atom. The van der Waals surface area contributed by atoms with Crippen molar-refractivity contribution in [3.8, 4) is 5.75 Å². The highest BCUT2D eigenvalue weighted by Crippen LogP contribution is 2.20. The van der Waals surface area contributed by atoms with Gasteiger partial charge in [-0.3, -0.25) is 9.52 Å². The van der Waals surface area contributed by atoms with Gasteiger partial charge in [-0.25, -0.2) is 8.42 Å². The molecule has 3 aromatic rings. The first-order valence-corrected chi connectivity index (χ1v) is 11.4. The monoisotopic (exact) mass is 430 g/mol. The molecule has 1 amide bonds. The van der Waals surface area contributed by atoms with E-state index in [-0.39, 0.29) is 16.2 Å². The summed E-state index contributed by atoms with van der Waals surface area (Å²) in [6, 6.07) is 17.0. The first kappa shape index (κ1) is 20.9. The molecule has 8 heteroatoms. The molecule has 0 aliphatic rings. The van der Waals surface area contributed by atoms with Crippen LogP contribution in [-0.4, -0.2) is 27.0 Å². The number of rotatable bonds is 8. The number of carbonyl (C=O) groups is 1. The molecule has 29 heavy (non-hydrogen) atoms. The van der Waals surface area contributed by atoms with Gasteiger partial charge in [0.25, 0.3) is 15.9 Å². The lowest BCUT2D eigenvalue weighted by atomic mass is 10.2. The second kappa shape index (κ2) is 9.11. The van der Waals surface area contributed by atoms with Crippen molar-refractivity contribution >= 4 is 33.0 Å². The topological polar surface area (TPSA) is 84.5 Å². The molecule has 152 valence electrons. The van der Waals surface area contributed by atoms with Crippen molar-refractivity contribution < 1.29 is 17.9 Å². The van der Waals surface area contributed by atoms with Gasteiger partial charge in [0.2, 0.25) is 0 Å². The molecule has 1 aromatic heterocycles. The highest BCUT2D eigenvalue weighted by atomic mass is 32.2. The second-order valence-electron chi connectivity index (χ2n) is 6.57. The van der Waals surface area contributed by atoms with E-state index in [0.717, 1.165) is 22.6 Å². The molecule has 0 radical (unpaired) electrons. The molecule has 0 saturated heterocycles. The summed E-state index contributed by atoms with van der Waals surface area (Å²) in [6.07, 6.45) is 0. The predicted octanol–water partition coefficient (Wildman–Crippen LogP) is 4.05. The molecule has 0 aliphatic carbocycles. The van der Waals surface area contributed by atoms with E-state index in [0.29, 0.717) is 17.9 Å². The van der Waals surface area contributed by atoms with Crippen LogP contribution < -0.4 is 14.8 Å². The summed E-state index contributed by atoms with van der Waals surface area (Å²) in [4.78, 5) is 12.4. The van der Waals surface area contributed by atoms with Crippen LogP contribution in [0.15, 0.2) is 70.3 Å². The largest absolute Gasteiger partial charge is 0.491 e. The van der Waals surface area contributed by atoms with Crippen LogP contribution in [0.1, 0.15) is 22.8 Å². The third-order valence-corrected chi connectivity index (χ3v) is 6.90. The third kappa shape index (κ3) is 5.58. The van der Waals surface area contributed by atoms with Crippen LogP contribution in [-0.2, 0) is 10.0 Å². The smallest absolute Gasteiger partial charge is 0.271 e. The van der Waals surface area contributed by atoms with Gasteiger partial charge in [0.05, 0.1) is 6.04 Å². The second-order valence-corrected chi connectivity index (χ2v) is 9.42. The van der Waals surface area contributed by atoms with Gasteiger partial charge >= 0.3 is 0 Å². The number of para-hydroxylation sites is 1. The molecule has 0 fully saturated rings. The molecule has 1 atom stereocenters. The van der Waals surface area contributed by atoms with Crippen LogP contribution in [0, 0.1) is 6.92 Å². The number of benzene rings is 2. The van der Waals surface area contributed by atoms with Crippen LogP contribution >= 0.6 is 11.3 Å². The molecule has 2 aromatic carbocycles. The zero-order chi connectivity index (χ0) is 20.9. The van der Waals surface area contributed by atoms with E-state index in [1.54, 1.807) is 35.7 Å². The number of thiophene rings is 1. The Balaban J connectivity index is 1.55. The zero-order valence-corrected chi connectivity index (χ0v) is 17.7. The van der Waals surface area contributed by atoms with Gasteiger partial charge in [0, 0.05) is 11.3 Å². The lowest BCUT2D eigenvalue weighted by molar-refractivity contribution is 0.0926. The molecule has 2 N–H and O–H groups in total. The zero-order valence-electron chi connectivity index (χ0n) is 16.1. The Bertz CT molecular complexity index is 1060. The van der Waals surface area contributed by atoms with Crippen molar-refractivity contribution in [1.82, 2.24) is 5.32 Å². The number of aryl methyl sites for hydroxylation is 1. The fourth-order valence-corrected chi connectivity index (χ4v) is 4.64. The van der Waals surface area contributed by atoms with Gasteiger partial charge in [-0.05, 0) is 61.2 Å². The first-order valence-electron chi connectivity index (χ1n) is 9.01. The fourth-order valence-electron chi connectivity index (χ4n) is 2.59. The van der Waals surface area contributed by atoms with Gasteiger partial charge in [0.1, 0.15) is 16.6 Å². The number of carbonyl (C=O) groups excluding carboxylic acids is 1. The SMILES string of the molecule is Cc1ccccc1OC[C@@H](C)NC(=O)c1ccc(NS(=O)(=O)c2cccs2)cc1. The minimum Gasteiger partial charge on any atom is -0.491 e. The maximum absolute atomic E-state index is 12.4. The number of hydrogen-bond donors (Lipinski definition) is 2. The van der Waals surface area contributed by atoms with Gasteiger partial charge in [-0.15, -0.1) is 11.3 Å². The summed E-state index contributed by atoms with van der Waals surface area (Å²) < 4.78 is 33.0. The van der Waals surface area contributed by atoms with Crippen LogP contribution in [0.2, 0.25) is 0 Å². The Hall–Kier alpha value is -2.84. The highest BCUT2D eigenvalue weighted by Gasteiger charge is 2.16. The van der Waals surface area contributed by atoms with Crippen LogP contribution in [0.4, 0.5) is 5.69 Å². The van der Waals surface area contributed by atoms with E-state index in [2.05, 4.69) is 10.0 Å². The molecule has 0 spiro atoms. The molecular formula is C21H22N2O4S2. The Morgan fingerprint density at radius 1 is 1.07 bits per heavy atom. The molecule has 6 nitrogen and oxygen atoms in total. The van der Waals surface area contributed by atoms with E-state index in [1.165, 1.54) is 6.07 Å². The molecule has 0 unspecified atom stereocenters. The molecule has 0 aliphatic heterocycles. The van der Waals surface area contributed by atoms with E-state index in [1.807, 2.05) is 38.1 Å². The molecule has 0 saturated carbocycles. The summed E-state index contributed by atoms with van der Waals surface area (Å²) in [5.41, 5.74) is 1.87. The number of anilines is 1. The number of sulfonamides is 1. The predicted molar refractivity (Wildman–Crippen MR) is 115 cm³/mol. The third-order valence-electron chi connectivity index (χ3n) is 4.12. The van der Waals surface area contributed by atoms with Crippen LogP contribution in [0.3, 0.4) is 0 Å². The van der Waals surface area contributed by atoms with Crippen molar-refractivity contribution in [2.45, 2.75) is 24.1 Å². The van der Waals surface area contributed by atoms with E-state index < -0.39 is 10.0 Å². The van der Waals surface area contributed by atoms with Crippen molar-refractivity contribution in [1.29, 1.82) is 0 Å². The fraction of sp³-hybridized carbons (Fsp3) is 0.190. The number of nitrogens with one attached hydrogen (secondary N) is 2. The lowest BCUT2D eigenvalue weighted by Crippen LogP contribution is -2.36. The summed E-state index contributed by atoms with van der Waals surface area (Å²) in [7, 11) is -3.61.